The van der Waals surface area contributed by atoms with Crippen LogP contribution in [0.4, 0.5) is 10.1 Å². The van der Waals surface area contributed by atoms with Crippen molar-refractivity contribution < 1.29 is 32.7 Å². The molecule has 5 rings (SSSR count). The summed E-state index contributed by atoms with van der Waals surface area (Å²) < 4.78 is 29.2. The monoisotopic (exact) mass is 599 g/mol. The third-order valence-corrected chi connectivity index (χ3v) is 9.99. The Labute approximate surface area is 253 Å². The topological polar surface area (TPSA) is 124 Å². The molecule has 0 spiro atoms. The van der Waals surface area contributed by atoms with Crippen LogP contribution in [0, 0.1) is 23.7 Å². The molecule has 10 heteroatoms. The second-order valence-electron chi connectivity index (χ2n) is 12.8. The van der Waals surface area contributed by atoms with E-state index in [4.69, 9.17) is 19.6 Å². The fraction of sp³-hybridized carbons (Fsp3) is 0.667. The van der Waals surface area contributed by atoms with Crippen molar-refractivity contribution in [2.45, 2.75) is 89.3 Å². The Bertz CT molecular complexity index is 1270. The molecule has 2 aliphatic carbocycles. The molecule has 4 atom stereocenters. The number of halogens is 1. The predicted octanol–water partition coefficient (Wildman–Crippen LogP) is 5.46. The highest BCUT2D eigenvalue weighted by molar-refractivity contribution is 6.00. The number of hydrogen-bond donors (Lipinski definition) is 2. The Kier molecular flexibility index (Phi) is 10.4. The number of carbonyl (C=O) groups is 3. The molecule has 1 saturated heterocycles. The van der Waals surface area contributed by atoms with Crippen LogP contribution >= 0.6 is 0 Å². The summed E-state index contributed by atoms with van der Waals surface area (Å²) in [6.45, 7) is 1.95. The molecule has 0 radical (unpaired) electrons. The van der Waals surface area contributed by atoms with E-state index in [1.54, 1.807) is 38.3 Å². The maximum atomic E-state index is 14.0. The summed E-state index contributed by atoms with van der Waals surface area (Å²) in [6.07, 6.45) is 9.16. The lowest BCUT2D eigenvalue weighted by molar-refractivity contribution is -0.142. The minimum atomic E-state index is -0.582. The molecular formula is C33H46FN3O6. The highest BCUT2D eigenvalue weighted by atomic mass is 19.1. The summed E-state index contributed by atoms with van der Waals surface area (Å²) in [4.78, 5) is 42.2. The van der Waals surface area contributed by atoms with Crippen LogP contribution in [-0.4, -0.2) is 67.8 Å². The lowest BCUT2D eigenvalue weighted by atomic mass is 9.76. The molecule has 2 heterocycles. The van der Waals surface area contributed by atoms with Gasteiger partial charge < -0.3 is 29.8 Å². The molecule has 1 aromatic heterocycles. The minimum Gasteiger partial charge on any atom is -0.457 e. The van der Waals surface area contributed by atoms with Crippen LogP contribution in [0.15, 0.2) is 28.7 Å². The van der Waals surface area contributed by atoms with Gasteiger partial charge in [-0.3, -0.25) is 9.59 Å². The second-order valence-corrected chi connectivity index (χ2v) is 12.8. The molecule has 1 aliphatic heterocycles. The predicted molar refractivity (Wildman–Crippen MR) is 161 cm³/mol. The highest BCUT2D eigenvalue weighted by Crippen LogP contribution is 2.41. The van der Waals surface area contributed by atoms with Gasteiger partial charge in [-0.25, -0.2) is 9.18 Å². The lowest BCUT2D eigenvalue weighted by Gasteiger charge is -2.36. The zero-order chi connectivity index (χ0) is 30.5. The molecule has 0 bridgehead atoms. The summed E-state index contributed by atoms with van der Waals surface area (Å²) in [5.41, 5.74) is 7.03. The Morgan fingerprint density at radius 2 is 1.81 bits per heavy atom. The van der Waals surface area contributed by atoms with Crippen molar-refractivity contribution in [3.8, 4) is 0 Å². The van der Waals surface area contributed by atoms with Crippen LogP contribution in [0.3, 0.4) is 0 Å². The fourth-order valence-electron chi connectivity index (χ4n) is 7.38. The number of esters is 1. The molecule has 2 amide bonds. The molecule has 236 valence electrons. The number of ether oxygens (including phenoxy) is 2. The number of amides is 2. The minimum absolute atomic E-state index is 0.0435. The Hall–Kier alpha value is -2.98. The smallest absolute Gasteiger partial charge is 0.374 e. The second kappa shape index (κ2) is 14.2. The van der Waals surface area contributed by atoms with Crippen LogP contribution < -0.4 is 11.1 Å². The Morgan fingerprint density at radius 1 is 1.07 bits per heavy atom. The Balaban J connectivity index is 1.30. The van der Waals surface area contributed by atoms with Crippen molar-refractivity contribution in [2.24, 2.45) is 29.4 Å². The van der Waals surface area contributed by atoms with E-state index in [1.165, 1.54) is 6.42 Å². The van der Waals surface area contributed by atoms with Gasteiger partial charge in [-0.1, -0.05) is 32.1 Å². The lowest BCUT2D eigenvalue weighted by Crippen LogP contribution is -2.50. The van der Waals surface area contributed by atoms with Gasteiger partial charge in [-0.05, 0) is 81.0 Å². The van der Waals surface area contributed by atoms with Gasteiger partial charge in [-0.15, -0.1) is 0 Å². The van der Waals surface area contributed by atoms with Crippen LogP contribution in [0.2, 0.25) is 0 Å². The van der Waals surface area contributed by atoms with Crippen molar-refractivity contribution in [3.05, 3.63) is 30.0 Å². The maximum Gasteiger partial charge on any atom is 0.374 e. The van der Waals surface area contributed by atoms with E-state index in [2.05, 4.69) is 5.32 Å². The van der Waals surface area contributed by atoms with Crippen molar-refractivity contribution in [3.63, 3.8) is 0 Å². The summed E-state index contributed by atoms with van der Waals surface area (Å²) in [6, 6.07) is 5.85. The molecule has 9 nitrogen and oxygen atoms in total. The maximum absolute atomic E-state index is 14.0. The zero-order valence-corrected chi connectivity index (χ0v) is 25.4. The first kappa shape index (κ1) is 31.4. The standard InChI is InChI=1S/C33H46FN3O6/c1-20(41-2)19-42-33(40)29-17-24-16-25(12-13-28(24)43-29)36-31(38)30-26(21-6-4-3-5-7-21)14-15-37(30)32(39)23-10-8-22(9-11-23)27(35)18-34/h12-13,16-17,20-23,26-27,30H,3-11,14-15,18-19,35H2,1-2H3,(H,36,38)/t20-,22?,23?,26-,27+,30-/m0/s1. The van der Waals surface area contributed by atoms with E-state index < -0.39 is 24.7 Å². The van der Waals surface area contributed by atoms with Gasteiger partial charge in [0.05, 0.1) is 6.10 Å². The van der Waals surface area contributed by atoms with Gasteiger partial charge in [0.15, 0.2) is 0 Å². The summed E-state index contributed by atoms with van der Waals surface area (Å²) in [5, 5.41) is 3.75. The summed E-state index contributed by atoms with van der Waals surface area (Å²) in [5.74, 6) is -0.143. The van der Waals surface area contributed by atoms with Crippen molar-refractivity contribution in [2.75, 3.05) is 32.3 Å². The number of carbonyl (C=O) groups excluding carboxylic acids is 3. The molecule has 0 unspecified atom stereocenters. The number of hydrogen-bond acceptors (Lipinski definition) is 7. The van der Waals surface area contributed by atoms with E-state index in [1.807, 2.05) is 4.90 Å². The number of anilines is 1. The largest absolute Gasteiger partial charge is 0.457 e. The number of likely N-dealkylation sites (tertiary alicyclic amines) is 1. The van der Waals surface area contributed by atoms with Gasteiger partial charge in [0.1, 0.15) is 24.9 Å². The van der Waals surface area contributed by atoms with E-state index in [0.29, 0.717) is 42.0 Å². The highest BCUT2D eigenvalue weighted by Gasteiger charge is 2.47. The number of methoxy groups -OCH3 is 1. The molecule has 3 N–H and O–H groups in total. The number of nitrogens with zero attached hydrogens (tertiary/aromatic N) is 1. The summed E-state index contributed by atoms with van der Waals surface area (Å²) >= 11 is 0. The average molecular weight is 600 g/mol. The fourth-order valence-corrected chi connectivity index (χ4v) is 7.38. The van der Waals surface area contributed by atoms with Crippen LogP contribution in [0.1, 0.15) is 81.7 Å². The van der Waals surface area contributed by atoms with E-state index >= 15 is 0 Å². The Morgan fingerprint density at radius 3 is 2.51 bits per heavy atom. The number of nitrogens with two attached hydrogens (primary N) is 1. The van der Waals surface area contributed by atoms with Gasteiger partial charge >= 0.3 is 5.97 Å². The molecule has 43 heavy (non-hydrogen) atoms. The van der Waals surface area contributed by atoms with Crippen molar-refractivity contribution in [1.82, 2.24) is 4.90 Å². The zero-order valence-electron chi connectivity index (χ0n) is 25.4. The van der Waals surface area contributed by atoms with Crippen LogP contribution in [-0.2, 0) is 19.1 Å². The first-order valence-electron chi connectivity index (χ1n) is 16.0. The number of nitrogens with one attached hydrogen (secondary N) is 1. The molecule has 2 saturated carbocycles. The third-order valence-electron chi connectivity index (χ3n) is 9.99. The summed E-state index contributed by atoms with van der Waals surface area (Å²) in [7, 11) is 1.55. The quantitative estimate of drug-likeness (QED) is 0.348. The number of rotatable bonds is 10. The van der Waals surface area contributed by atoms with Crippen molar-refractivity contribution in [1.29, 1.82) is 0 Å². The normalized spacial score (nSPS) is 26.3. The van der Waals surface area contributed by atoms with Gasteiger partial charge in [-0.2, -0.15) is 0 Å². The number of fused-ring (bicyclic) bond motifs is 1. The van der Waals surface area contributed by atoms with Gasteiger partial charge in [0, 0.05) is 36.7 Å². The molecule has 3 aliphatic rings. The average Bonchev–Trinajstić information content (AvgIpc) is 3.68. The van der Waals surface area contributed by atoms with Gasteiger partial charge in [0.2, 0.25) is 17.6 Å². The first-order valence-corrected chi connectivity index (χ1v) is 16.0. The number of alkyl halides is 1. The molecule has 1 aromatic carbocycles. The number of benzene rings is 1. The third kappa shape index (κ3) is 7.23. The van der Waals surface area contributed by atoms with E-state index in [-0.39, 0.29) is 48.0 Å². The molecule has 3 fully saturated rings. The van der Waals surface area contributed by atoms with E-state index in [9.17, 15) is 18.8 Å². The molecule has 2 aromatic rings. The van der Waals surface area contributed by atoms with Crippen LogP contribution in [0.5, 0.6) is 0 Å². The van der Waals surface area contributed by atoms with Gasteiger partial charge in [0.25, 0.3) is 0 Å². The number of furan rings is 1. The molecular weight excluding hydrogens is 553 g/mol. The first-order chi connectivity index (χ1) is 20.8. The SMILES string of the molecule is CO[C@@H](C)COC(=O)c1cc2cc(NC(=O)[C@@H]3[C@H](C4CCCCC4)CCN3C(=O)C3CCC([C@H](N)CF)CC3)ccc2o1. The van der Waals surface area contributed by atoms with Crippen LogP contribution in [0.25, 0.3) is 11.0 Å². The van der Waals surface area contributed by atoms with E-state index in [0.717, 1.165) is 44.9 Å². The van der Waals surface area contributed by atoms with Crippen molar-refractivity contribution >= 4 is 34.4 Å².